The topological polar surface area (TPSA) is 75.1 Å². The van der Waals surface area contributed by atoms with E-state index >= 15 is 0 Å². The summed E-state index contributed by atoms with van der Waals surface area (Å²) in [6.07, 6.45) is 0. The molecule has 21 heavy (non-hydrogen) atoms. The number of thiophene rings is 1. The first-order chi connectivity index (χ1) is 10.1. The maximum Gasteiger partial charge on any atom is 0.374 e. The molecule has 0 saturated heterocycles. The van der Waals surface area contributed by atoms with Crippen molar-refractivity contribution in [3.05, 3.63) is 50.9 Å². The average molecular weight is 364 g/mol. The number of fused-ring (bicyclic) bond motifs is 1. The first kappa shape index (κ1) is 14.0. The zero-order valence-electron chi connectivity index (χ0n) is 10.7. The van der Waals surface area contributed by atoms with E-state index in [1.54, 1.807) is 17.4 Å². The highest BCUT2D eigenvalue weighted by Crippen LogP contribution is 2.25. The molecule has 0 unspecified atom stereocenters. The van der Waals surface area contributed by atoms with E-state index in [-0.39, 0.29) is 5.82 Å². The molecule has 106 valence electrons. The third-order valence-corrected chi connectivity index (χ3v) is 4.83. The Kier molecular flexibility index (Phi) is 3.85. The van der Waals surface area contributed by atoms with Gasteiger partial charge in [-0.15, -0.1) is 11.3 Å². The third-order valence-electron chi connectivity index (χ3n) is 2.90. The van der Waals surface area contributed by atoms with Gasteiger partial charge in [-0.25, -0.2) is 14.8 Å². The fraction of sp³-hybridized carbons (Fsp3) is 0.0714. The minimum atomic E-state index is -1.14. The molecule has 3 aromatic rings. The van der Waals surface area contributed by atoms with Crippen LogP contribution >= 0.6 is 27.3 Å². The van der Waals surface area contributed by atoms with Gasteiger partial charge in [-0.2, -0.15) is 0 Å². The second-order valence-electron chi connectivity index (χ2n) is 4.26. The number of nitrogens with one attached hydrogen (secondary N) is 1. The van der Waals surface area contributed by atoms with Crippen LogP contribution in [0.25, 0.3) is 10.9 Å². The molecule has 0 spiro atoms. The summed E-state index contributed by atoms with van der Waals surface area (Å²) in [5, 5.41) is 15.1. The molecule has 0 aliphatic heterocycles. The maximum atomic E-state index is 11.1. The number of hydrogen-bond donors (Lipinski definition) is 2. The summed E-state index contributed by atoms with van der Waals surface area (Å²) in [5.41, 5.74) is 0.609. The van der Waals surface area contributed by atoms with Crippen molar-refractivity contribution in [3.63, 3.8) is 0 Å². The first-order valence-electron chi connectivity index (χ1n) is 6.11. The van der Waals surface area contributed by atoms with Crippen molar-refractivity contribution >= 4 is 50.0 Å². The van der Waals surface area contributed by atoms with Gasteiger partial charge in [0.1, 0.15) is 5.82 Å². The SMILES string of the molecule is O=C(O)c1nc(NCc2sccc2Br)c2ccccc2n1. The minimum absolute atomic E-state index is 0.207. The van der Waals surface area contributed by atoms with Crippen LogP contribution in [0.5, 0.6) is 0 Å². The number of carbonyl (C=O) groups is 1. The van der Waals surface area contributed by atoms with Crippen LogP contribution in [0.1, 0.15) is 15.5 Å². The molecule has 0 aliphatic rings. The molecule has 0 atom stereocenters. The molecule has 0 saturated carbocycles. The number of hydrogen-bond acceptors (Lipinski definition) is 5. The summed E-state index contributed by atoms with van der Waals surface area (Å²) >= 11 is 5.09. The van der Waals surface area contributed by atoms with Crippen LogP contribution in [0.4, 0.5) is 5.82 Å². The van der Waals surface area contributed by atoms with E-state index in [1.807, 2.05) is 29.6 Å². The Bertz CT molecular complexity index is 819. The molecule has 2 N–H and O–H groups in total. The van der Waals surface area contributed by atoms with Crippen molar-refractivity contribution in [2.75, 3.05) is 5.32 Å². The minimum Gasteiger partial charge on any atom is -0.475 e. The summed E-state index contributed by atoms with van der Waals surface area (Å²) in [6.45, 7) is 0.568. The number of halogens is 1. The van der Waals surface area contributed by atoms with Gasteiger partial charge in [0.05, 0.1) is 12.1 Å². The average Bonchev–Trinajstić information content (AvgIpc) is 2.89. The lowest BCUT2D eigenvalue weighted by atomic mass is 10.2. The molecule has 1 aromatic carbocycles. The van der Waals surface area contributed by atoms with Gasteiger partial charge in [0.25, 0.3) is 0 Å². The Morgan fingerprint density at radius 2 is 2.10 bits per heavy atom. The van der Waals surface area contributed by atoms with Crippen molar-refractivity contribution in [2.24, 2.45) is 0 Å². The van der Waals surface area contributed by atoms with Gasteiger partial charge in [-0.05, 0) is 39.5 Å². The molecule has 0 radical (unpaired) electrons. The number of aromatic carboxylic acids is 1. The van der Waals surface area contributed by atoms with Crippen molar-refractivity contribution in [1.29, 1.82) is 0 Å². The lowest BCUT2D eigenvalue weighted by Crippen LogP contribution is -2.09. The third kappa shape index (κ3) is 2.88. The molecule has 0 bridgehead atoms. The number of anilines is 1. The molecular formula is C14H10BrN3O2S. The number of carboxylic acid groups (broad SMARTS) is 1. The normalized spacial score (nSPS) is 10.7. The quantitative estimate of drug-likeness (QED) is 0.737. The number of rotatable bonds is 4. The lowest BCUT2D eigenvalue weighted by Gasteiger charge is -2.09. The molecule has 5 nitrogen and oxygen atoms in total. The van der Waals surface area contributed by atoms with Gasteiger partial charge in [-0.3, -0.25) is 0 Å². The van der Waals surface area contributed by atoms with E-state index < -0.39 is 5.97 Å². The van der Waals surface area contributed by atoms with E-state index in [1.165, 1.54) is 0 Å². The Hall–Kier alpha value is -1.99. The van der Waals surface area contributed by atoms with E-state index in [9.17, 15) is 4.79 Å². The van der Waals surface area contributed by atoms with E-state index in [2.05, 4.69) is 31.2 Å². The second-order valence-corrected chi connectivity index (χ2v) is 6.12. The van der Waals surface area contributed by atoms with E-state index in [0.717, 1.165) is 14.7 Å². The maximum absolute atomic E-state index is 11.1. The van der Waals surface area contributed by atoms with Gasteiger partial charge < -0.3 is 10.4 Å². The summed E-state index contributed by atoms with van der Waals surface area (Å²) < 4.78 is 1.02. The van der Waals surface area contributed by atoms with Gasteiger partial charge in [0.2, 0.25) is 5.82 Å². The predicted octanol–water partition coefficient (Wildman–Crippen LogP) is 3.76. The van der Waals surface area contributed by atoms with Crippen LogP contribution in [0.3, 0.4) is 0 Å². The van der Waals surface area contributed by atoms with Gasteiger partial charge >= 0.3 is 5.97 Å². The Balaban J connectivity index is 1.99. The van der Waals surface area contributed by atoms with Crippen LogP contribution in [-0.2, 0) is 6.54 Å². The zero-order valence-corrected chi connectivity index (χ0v) is 13.1. The zero-order chi connectivity index (χ0) is 14.8. The largest absolute Gasteiger partial charge is 0.475 e. The molecule has 3 rings (SSSR count). The first-order valence-corrected chi connectivity index (χ1v) is 7.78. The molecule has 2 heterocycles. The number of carboxylic acids is 1. The van der Waals surface area contributed by atoms with Crippen molar-refractivity contribution in [2.45, 2.75) is 6.54 Å². The van der Waals surface area contributed by atoms with E-state index in [4.69, 9.17) is 5.11 Å². The van der Waals surface area contributed by atoms with Gasteiger partial charge in [0, 0.05) is 14.7 Å². The molecule has 7 heteroatoms. The van der Waals surface area contributed by atoms with Crippen LogP contribution in [0.2, 0.25) is 0 Å². The fourth-order valence-corrected chi connectivity index (χ4v) is 3.35. The second kappa shape index (κ2) is 5.79. The molecule has 0 aliphatic carbocycles. The molecule has 0 fully saturated rings. The standard InChI is InChI=1S/C14H10BrN3O2S/c15-9-5-6-21-11(9)7-16-12-8-3-1-2-4-10(8)17-13(18-12)14(19)20/h1-6H,7H2,(H,19,20)(H,16,17,18). The summed E-state index contributed by atoms with van der Waals surface area (Å²) in [5.74, 6) is -0.819. The highest BCUT2D eigenvalue weighted by molar-refractivity contribution is 9.10. The van der Waals surface area contributed by atoms with Crippen LogP contribution < -0.4 is 5.32 Å². The summed E-state index contributed by atoms with van der Waals surface area (Å²) in [4.78, 5) is 20.4. The Labute approximate surface area is 132 Å². The highest BCUT2D eigenvalue weighted by Gasteiger charge is 2.12. The molecule has 2 aromatic heterocycles. The molecule has 0 amide bonds. The van der Waals surface area contributed by atoms with Crippen molar-refractivity contribution in [3.8, 4) is 0 Å². The lowest BCUT2D eigenvalue weighted by molar-refractivity contribution is 0.0684. The fourth-order valence-electron chi connectivity index (χ4n) is 1.92. The van der Waals surface area contributed by atoms with Gasteiger partial charge in [-0.1, -0.05) is 12.1 Å². The van der Waals surface area contributed by atoms with E-state index in [0.29, 0.717) is 17.9 Å². The monoisotopic (exact) mass is 363 g/mol. The van der Waals surface area contributed by atoms with Crippen molar-refractivity contribution in [1.82, 2.24) is 9.97 Å². The Morgan fingerprint density at radius 1 is 1.29 bits per heavy atom. The number of para-hydroxylation sites is 1. The smallest absolute Gasteiger partial charge is 0.374 e. The van der Waals surface area contributed by atoms with Crippen LogP contribution in [0, 0.1) is 0 Å². The number of aromatic nitrogens is 2. The summed E-state index contributed by atoms with van der Waals surface area (Å²) in [6, 6.07) is 9.31. The van der Waals surface area contributed by atoms with Crippen LogP contribution in [0.15, 0.2) is 40.2 Å². The van der Waals surface area contributed by atoms with Gasteiger partial charge in [0.15, 0.2) is 0 Å². The van der Waals surface area contributed by atoms with Crippen molar-refractivity contribution < 1.29 is 9.90 Å². The number of nitrogens with zero attached hydrogens (tertiary/aromatic N) is 2. The predicted molar refractivity (Wildman–Crippen MR) is 85.8 cm³/mol. The Morgan fingerprint density at radius 3 is 2.81 bits per heavy atom. The molecular weight excluding hydrogens is 354 g/mol. The highest BCUT2D eigenvalue weighted by atomic mass is 79.9. The number of benzene rings is 1. The summed E-state index contributed by atoms with van der Waals surface area (Å²) in [7, 11) is 0. The van der Waals surface area contributed by atoms with Crippen LogP contribution in [-0.4, -0.2) is 21.0 Å².